The van der Waals surface area contributed by atoms with E-state index >= 15 is 0 Å². The number of rotatable bonds is 1. The van der Waals surface area contributed by atoms with E-state index in [1.165, 1.54) is 0 Å². The van der Waals surface area contributed by atoms with Gasteiger partial charge in [-0.25, -0.2) is 0 Å². The Morgan fingerprint density at radius 2 is 1.39 bits per heavy atom. The molecule has 0 bridgehead atoms. The molecule has 18 heavy (non-hydrogen) atoms. The second-order valence-corrected chi connectivity index (χ2v) is 4.47. The third-order valence-electron chi connectivity index (χ3n) is 2.06. The van der Waals surface area contributed by atoms with Crippen molar-refractivity contribution in [3.63, 3.8) is 0 Å². The predicted octanol–water partition coefficient (Wildman–Crippen LogP) is 3.53. The fourth-order valence-corrected chi connectivity index (χ4v) is 1.49. The molecule has 2 aromatic rings. The standard InChI is InChI=1S/C7H7O2S.C7H7.Mn/c1-6-2-4-7(5-3-6)10(8)9;1-7-5-3-2-4-6-7;/h2-5H,1H3;2-6H,1H2;/q2*-1;+2. The van der Waals surface area contributed by atoms with E-state index in [4.69, 9.17) is 0 Å². The second-order valence-electron chi connectivity index (χ2n) is 3.53. The first-order valence-corrected chi connectivity index (χ1v) is 6.20. The minimum atomic E-state index is -2.09. The topological polar surface area (TPSA) is 34.1 Å². The van der Waals surface area contributed by atoms with Crippen LogP contribution in [0.25, 0.3) is 0 Å². The SMILES string of the molecule is Cc1ccc([S-](=O)=O)cc1.[CH2-]c1ccccc1.[Mn+2]. The number of hydrogen-bond acceptors (Lipinski definition) is 3. The van der Waals surface area contributed by atoms with Gasteiger partial charge in [-0.3, -0.25) is 0 Å². The van der Waals surface area contributed by atoms with Crippen molar-refractivity contribution in [2.75, 3.05) is 0 Å². The van der Waals surface area contributed by atoms with Crippen LogP contribution in [0.5, 0.6) is 0 Å². The molecule has 0 N–H and O–H groups in total. The maximum atomic E-state index is 10.3. The van der Waals surface area contributed by atoms with Crippen molar-refractivity contribution in [3.8, 4) is 0 Å². The molecule has 0 aliphatic heterocycles. The molecule has 1 radical (unpaired) electrons. The van der Waals surface area contributed by atoms with Crippen LogP contribution in [0.3, 0.4) is 0 Å². The first kappa shape index (κ1) is 16.8. The van der Waals surface area contributed by atoms with Crippen LogP contribution in [0.4, 0.5) is 0 Å². The molecular formula is C14H14MnO2S. The van der Waals surface area contributed by atoms with E-state index in [-0.39, 0.29) is 17.1 Å². The maximum absolute atomic E-state index is 10.3. The molecule has 0 saturated heterocycles. The van der Waals surface area contributed by atoms with Gasteiger partial charge >= 0.3 is 17.1 Å². The van der Waals surface area contributed by atoms with E-state index in [0.29, 0.717) is 4.90 Å². The van der Waals surface area contributed by atoms with Crippen LogP contribution in [0, 0.1) is 13.8 Å². The second kappa shape index (κ2) is 8.81. The van der Waals surface area contributed by atoms with Gasteiger partial charge in [0.15, 0.2) is 0 Å². The fourth-order valence-electron chi connectivity index (χ4n) is 1.13. The molecule has 0 heterocycles. The zero-order valence-electron chi connectivity index (χ0n) is 10.0. The number of hydrogen-bond donors (Lipinski definition) is 0. The Kier molecular flexibility index (Phi) is 8.21. The molecule has 95 valence electrons. The summed E-state index contributed by atoms with van der Waals surface area (Å²) in [6.07, 6.45) is 0. The fraction of sp³-hybridized carbons (Fsp3) is 0.0714. The van der Waals surface area contributed by atoms with Crippen LogP contribution >= 0.6 is 0 Å². The van der Waals surface area contributed by atoms with Crippen molar-refractivity contribution in [1.82, 2.24) is 0 Å². The van der Waals surface area contributed by atoms with Gasteiger partial charge in [0.25, 0.3) is 0 Å². The summed E-state index contributed by atoms with van der Waals surface area (Å²) in [5.74, 6) is 0. The number of aryl methyl sites for hydroxylation is 1. The van der Waals surface area contributed by atoms with Gasteiger partial charge in [-0.1, -0.05) is 40.8 Å². The van der Waals surface area contributed by atoms with Crippen molar-refractivity contribution in [2.24, 2.45) is 0 Å². The summed E-state index contributed by atoms with van der Waals surface area (Å²) in [6.45, 7) is 5.63. The Bertz CT molecular complexity index is 511. The van der Waals surface area contributed by atoms with E-state index in [1.54, 1.807) is 24.3 Å². The Balaban J connectivity index is 0.000000321. The van der Waals surface area contributed by atoms with Crippen LogP contribution in [0.1, 0.15) is 11.1 Å². The average molecular weight is 301 g/mol. The summed E-state index contributed by atoms with van der Waals surface area (Å²) in [6, 6.07) is 16.6. The van der Waals surface area contributed by atoms with Crippen molar-refractivity contribution < 1.29 is 25.5 Å². The third kappa shape index (κ3) is 6.50. The van der Waals surface area contributed by atoms with E-state index < -0.39 is 10.7 Å². The quantitative estimate of drug-likeness (QED) is 0.459. The number of benzene rings is 2. The van der Waals surface area contributed by atoms with Crippen molar-refractivity contribution >= 4 is 10.7 Å². The molecule has 2 rings (SSSR count). The van der Waals surface area contributed by atoms with Gasteiger partial charge in [0.2, 0.25) is 0 Å². The molecule has 0 aliphatic carbocycles. The summed E-state index contributed by atoms with van der Waals surface area (Å²) in [4.78, 5) is 0.339. The van der Waals surface area contributed by atoms with E-state index in [0.717, 1.165) is 11.1 Å². The third-order valence-corrected chi connectivity index (χ3v) is 2.71. The van der Waals surface area contributed by atoms with Crippen LogP contribution < -0.4 is 0 Å². The summed E-state index contributed by atoms with van der Waals surface area (Å²) >= 11 is 0. The molecule has 2 aromatic carbocycles. The van der Waals surface area contributed by atoms with Gasteiger partial charge in [-0.2, -0.15) is 24.6 Å². The molecule has 0 amide bonds. The zero-order valence-corrected chi connectivity index (χ0v) is 12.0. The van der Waals surface area contributed by atoms with Crippen LogP contribution in [-0.4, -0.2) is 0 Å². The zero-order chi connectivity index (χ0) is 12.7. The Labute approximate surface area is 120 Å². The first-order chi connectivity index (χ1) is 8.09. The average Bonchev–Trinajstić information content (AvgIpc) is 2.31. The molecule has 2 nitrogen and oxygen atoms in total. The monoisotopic (exact) mass is 301 g/mol. The minimum absolute atomic E-state index is 0. The predicted molar refractivity (Wildman–Crippen MR) is 69.1 cm³/mol. The summed E-state index contributed by atoms with van der Waals surface area (Å²) < 4.78 is 20.6. The van der Waals surface area contributed by atoms with Crippen molar-refractivity contribution in [2.45, 2.75) is 11.8 Å². The Morgan fingerprint density at radius 1 is 0.889 bits per heavy atom. The van der Waals surface area contributed by atoms with Crippen molar-refractivity contribution in [3.05, 3.63) is 72.6 Å². The largest absolute Gasteiger partial charge is 2.00 e. The van der Waals surface area contributed by atoms with Gasteiger partial charge in [0, 0.05) is 0 Å². The van der Waals surface area contributed by atoms with Gasteiger partial charge in [-0.15, -0.1) is 12.1 Å². The first-order valence-electron chi connectivity index (χ1n) is 5.12. The Hall–Kier alpha value is -1.22. The molecule has 0 aromatic heterocycles. The normalized spacial score (nSPS) is 9.00. The van der Waals surface area contributed by atoms with Gasteiger partial charge in [0.1, 0.15) is 0 Å². The molecule has 4 heteroatoms. The van der Waals surface area contributed by atoms with Crippen LogP contribution in [-0.2, 0) is 36.2 Å². The smallest absolute Gasteiger partial charge is 0.420 e. The van der Waals surface area contributed by atoms with Crippen LogP contribution in [0.15, 0.2) is 59.5 Å². The summed E-state index contributed by atoms with van der Waals surface area (Å²) in [5.41, 5.74) is 2.14. The van der Waals surface area contributed by atoms with E-state index in [9.17, 15) is 8.42 Å². The van der Waals surface area contributed by atoms with Gasteiger partial charge in [0.05, 0.1) is 0 Å². The molecule has 0 aliphatic rings. The molecule has 0 atom stereocenters. The van der Waals surface area contributed by atoms with Gasteiger partial charge < -0.3 is 8.42 Å². The minimum Gasteiger partial charge on any atom is -0.420 e. The summed E-state index contributed by atoms with van der Waals surface area (Å²) in [5, 5.41) is 0. The molecule has 0 spiro atoms. The van der Waals surface area contributed by atoms with E-state index in [1.807, 2.05) is 37.3 Å². The van der Waals surface area contributed by atoms with Crippen LogP contribution in [0.2, 0.25) is 0 Å². The van der Waals surface area contributed by atoms with E-state index in [2.05, 4.69) is 6.92 Å². The van der Waals surface area contributed by atoms with Gasteiger partial charge in [-0.05, 0) is 17.6 Å². The molecular weight excluding hydrogens is 287 g/mol. The summed E-state index contributed by atoms with van der Waals surface area (Å²) in [7, 11) is -2.09. The van der Waals surface area contributed by atoms with Crippen molar-refractivity contribution in [1.29, 1.82) is 0 Å². The molecule has 0 fully saturated rings. The Morgan fingerprint density at radius 3 is 1.72 bits per heavy atom. The molecule has 0 unspecified atom stereocenters. The maximum Gasteiger partial charge on any atom is 2.00 e. The molecule has 0 saturated carbocycles.